The zero-order valence-electron chi connectivity index (χ0n) is 28.5. The Morgan fingerprint density at radius 3 is 2.23 bits per heavy atom. The van der Waals surface area contributed by atoms with E-state index >= 15 is 0 Å². The minimum atomic E-state index is -5.15. The second kappa shape index (κ2) is 13.9. The molecule has 0 aromatic heterocycles. The van der Waals surface area contributed by atoms with Crippen molar-refractivity contribution in [3.05, 3.63) is 48.0 Å². The molecule has 0 amide bonds. The van der Waals surface area contributed by atoms with Crippen LogP contribution in [0.5, 0.6) is 0 Å². The highest BCUT2D eigenvalue weighted by Crippen LogP contribution is 2.58. The molecule has 1 saturated carbocycles. The largest absolute Gasteiger partial charge is 0.459 e. The molecule has 2 saturated heterocycles. The van der Waals surface area contributed by atoms with Crippen molar-refractivity contribution in [3.63, 3.8) is 0 Å². The van der Waals surface area contributed by atoms with Gasteiger partial charge in [-0.3, -0.25) is 9.59 Å². The molecule has 47 heavy (non-hydrogen) atoms. The van der Waals surface area contributed by atoms with Crippen molar-refractivity contribution in [1.29, 1.82) is 0 Å². The fraction of sp³-hybridized carbons (Fsp3) is 0.694. The van der Waals surface area contributed by atoms with Gasteiger partial charge in [-0.05, 0) is 69.8 Å². The van der Waals surface area contributed by atoms with Gasteiger partial charge in [-0.1, -0.05) is 57.7 Å². The fourth-order valence-corrected chi connectivity index (χ4v) is 8.37. The van der Waals surface area contributed by atoms with Gasteiger partial charge in [0.1, 0.15) is 23.4 Å². The Morgan fingerprint density at radius 2 is 1.68 bits per heavy atom. The van der Waals surface area contributed by atoms with Crippen molar-refractivity contribution in [1.82, 2.24) is 0 Å². The number of ether oxygens (including phenoxy) is 5. The Labute approximate surface area is 275 Å². The van der Waals surface area contributed by atoms with Gasteiger partial charge in [0.05, 0.1) is 6.10 Å². The van der Waals surface area contributed by atoms with Crippen LogP contribution in [0.2, 0.25) is 0 Å². The molecule has 2 heterocycles. The first-order valence-corrected chi connectivity index (χ1v) is 16.6. The second-order valence-corrected chi connectivity index (χ2v) is 14.1. The van der Waals surface area contributed by atoms with Crippen molar-refractivity contribution >= 4 is 17.9 Å². The van der Waals surface area contributed by atoms with E-state index in [1.54, 1.807) is 6.92 Å². The van der Waals surface area contributed by atoms with Crippen LogP contribution in [0.25, 0.3) is 0 Å². The van der Waals surface area contributed by atoms with Crippen molar-refractivity contribution in [2.75, 3.05) is 7.11 Å². The van der Waals surface area contributed by atoms with E-state index in [-0.39, 0.29) is 49.4 Å². The quantitative estimate of drug-likeness (QED) is 0.155. The summed E-state index contributed by atoms with van der Waals surface area (Å²) >= 11 is 0. The summed E-state index contributed by atoms with van der Waals surface area (Å²) in [5.74, 6) is -2.59. The van der Waals surface area contributed by atoms with Gasteiger partial charge in [0.15, 0.2) is 0 Å². The van der Waals surface area contributed by atoms with Crippen molar-refractivity contribution in [3.8, 4) is 0 Å². The number of methoxy groups -OCH3 is 1. The molecule has 0 N–H and O–H groups in total. The maximum Gasteiger partial charge on any atom is 0.432 e. The number of esters is 3. The molecule has 3 fully saturated rings. The summed E-state index contributed by atoms with van der Waals surface area (Å²) in [5, 5.41) is 0. The normalized spacial score (nSPS) is 33.9. The maximum absolute atomic E-state index is 14.7. The molecule has 3 aliphatic rings. The van der Waals surface area contributed by atoms with Crippen LogP contribution in [0.15, 0.2) is 42.5 Å². The summed E-state index contributed by atoms with van der Waals surface area (Å²) in [6, 6.07) is 6.63. The minimum absolute atomic E-state index is 0.0322. The number of rotatable bonds is 9. The van der Waals surface area contributed by atoms with Crippen LogP contribution in [-0.2, 0) is 43.7 Å². The number of carbonyl (C=O) groups is 3. The first-order valence-electron chi connectivity index (χ1n) is 16.6. The molecule has 8 nitrogen and oxygen atoms in total. The van der Waals surface area contributed by atoms with Gasteiger partial charge in [-0.2, -0.15) is 13.2 Å². The highest BCUT2D eigenvalue weighted by molar-refractivity contribution is 5.83. The lowest BCUT2D eigenvalue weighted by Gasteiger charge is -2.50. The molecule has 1 aromatic carbocycles. The minimum Gasteiger partial charge on any atom is -0.459 e. The van der Waals surface area contributed by atoms with Gasteiger partial charge in [-0.25, -0.2) is 4.79 Å². The number of benzene rings is 1. The van der Waals surface area contributed by atoms with E-state index in [0.29, 0.717) is 18.4 Å². The number of fused-ring (bicyclic) bond motifs is 5. The van der Waals surface area contributed by atoms with Gasteiger partial charge in [0, 0.05) is 37.9 Å². The molecule has 2 bridgehead atoms. The zero-order valence-corrected chi connectivity index (χ0v) is 28.5. The van der Waals surface area contributed by atoms with E-state index in [1.165, 1.54) is 25.1 Å². The molecule has 0 unspecified atom stereocenters. The summed E-state index contributed by atoms with van der Waals surface area (Å²) in [5.41, 5.74) is -5.61. The molecule has 11 heteroatoms. The SMILES string of the molecule is C=C1C[C@H]2O[C@H]([C@H]3[C@@H]2[C@](C)(OC(C)=O)CC[C@@H]3C(C)C)[C@](C)(OC(=O)CCC)CC[C@@H]1OC(=O)[C@@](OC)(c1ccccc1)C(F)(F)F. The molecule has 0 spiro atoms. The third kappa shape index (κ3) is 6.98. The van der Waals surface area contributed by atoms with Crippen molar-refractivity contribution in [2.45, 2.75) is 128 Å². The molecular formula is C36H49F3O8. The first-order chi connectivity index (χ1) is 21.9. The molecule has 9 atom stereocenters. The molecule has 262 valence electrons. The molecule has 1 aliphatic carbocycles. The predicted molar refractivity (Wildman–Crippen MR) is 167 cm³/mol. The lowest BCUT2D eigenvalue weighted by Crippen LogP contribution is -2.57. The third-order valence-corrected chi connectivity index (χ3v) is 10.5. The molecular weight excluding hydrogens is 617 g/mol. The summed E-state index contributed by atoms with van der Waals surface area (Å²) in [4.78, 5) is 39.2. The Kier molecular flexibility index (Phi) is 10.9. The van der Waals surface area contributed by atoms with E-state index in [1.807, 2.05) is 13.8 Å². The lowest BCUT2D eigenvalue weighted by atomic mass is 9.57. The molecule has 4 rings (SSSR count). The Hall–Kier alpha value is -2.92. The van der Waals surface area contributed by atoms with Crippen LogP contribution in [0, 0.1) is 23.7 Å². The summed E-state index contributed by atoms with van der Waals surface area (Å²) in [6.07, 6.45) is -5.19. The van der Waals surface area contributed by atoms with E-state index < -0.39 is 64.8 Å². The summed E-state index contributed by atoms with van der Waals surface area (Å²) in [7, 11) is 0.820. The van der Waals surface area contributed by atoms with Crippen molar-refractivity contribution < 1.29 is 51.2 Å². The number of alkyl halides is 3. The second-order valence-electron chi connectivity index (χ2n) is 14.1. The lowest BCUT2D eigenvalue weighted by molar-refractivity contribution is -0.278. The summed E-state index contributed by atoms with van der Waals surface area (Å²) < 4.78 is 74.0. The topological polar surface area (TPSA) is 97.4 Å². The first kappa shape index (κ1) is 36.9. The summed E-state index contributed by atoms with van der Waals surface area (Å²) in [6.45, 7) is 15.4. The Bertz CT molecular complexity index is 1310. The number of hydrogen-bond acceptors (Lipinski definition) is 8. The van der Waals surface area contributed by atoms with E-state index in [2.05, 4.69) is 20.4 Å². The fourth-order valence-electron chi connectivity index (χ4n) is 8.37. The highest BCUT2D eigenvalue weighted by Gasteiger charge is 2.66. The Balaban J connectivity index is 1.79. The van der Waals surface area contributed by atoms with E-state index in [4.69, 9.17) is 23.7 Å². The standard InChI is InChI=1S/C36H49F3O8/c1-9-13-28(41)47-34(7)19-17-26(45-32(42)35(43-8,36(37,38)39)24-14-11-10-12-15-24)22(4)20-27-30-29(31(34)44-27)25(21(2)3)16-18-33(30,6)46-23(5)40/h10-12,14-15,21,25-27,29-31H,4,9,13,16-20H2,1-3,5-8H3/t25-,26+,27-,29-,30-,31-,33-,34-,35+/m1/s1. The van der Waals surface area contributed by atoms with Crippen LogP contribution in [0.4, 0.5) is 13.2 Å². The van der Waals surface area contributed by atoms with E-state index in [9.17, 15) is 27.6 Å². The molecule has 2 aliphatic heterocycles. The monoisotopic (exact) mass is 666 g/mol. The third-order valence-electron chi connectivity index (χ3n) is 10.5. The van der Waals surface area contributed by atoms with Crippen LogP contribution in [0.1, 0.15) is 92.1 Å². The Morgan fingerprint density at radius 1 is 1.04 bits per heavy atom. The zero-order chi connectivity index (χ0) is 34.9. The van der Waals surface area contributed by atoms with Gasteiger partial charge < -0.3 is 23.7 Å². The van der Waals surface area contributed by atoms with E-state index in [0.717, 1.165) is 25.7 Å². The van der Waals surface area contributed by atoms with Gasteiger partial charge in [0.25, 0.3) is 5.60 Å². The molecule has 1 aromatic rings. The predicted octanol–water partition coefficient (Wildman–Crippen LogP) is 7.23. The average Bonchev–Trinajstić information content (AvgIpc) is 3.37. The number of halogens is 3. The maximum atomic E-state index is 14.7. The van der Waals surface area contributed by atoms with Crippen LogP contribution >= 0.6 is 0 Å². The van der Waals surface area contributed by atoms with Gasteiger partial charge >= 0.3 is 24.1 Å². The highest BCUT2D eigenvalue weighted by atomic mass is 19.4. The van der Waals surface area contributed by atoms with Crippen LogP contribution in [0.3, 0.4) is 0 Å². The van der Waals surface area contributed by atoms with Crippen LogP contribution in [-0.4, -0.2) is 60.7 Å². The van der Waals surface area contributed by atoms with Gasteiger partial charge in [-0.15, -0.1) is 0 Å². The van der Waals surface area contributed by atoms with Crippen molar-refractivity contribution in [2.24, 2.45) is 23.7 Å². The van der Waals surface area contributed by atoms with Gasteiger partial charge in [0.2, 0.25) is 0 Å². The average molecular weight is 667 g/mol. The number of hydrogen-bond donors (Lipinski definition) is 0. The van der Waals surface area contributed by atoms with Crippen LogP contribution < -0.4 is 0 Å². The molecule has 0 radical (unpaired) electrons. The smallest absolute Gasteiger partial charge is 0.432 e. The number of carbonyl (C=O) groups excluding carboxylic acids is 3.